The maximum absolute atomic E-state index is 10.6. The van der Waals surface area contributed by atoms with Crippen molar-refractivity contribution in [3.63, 3.8) is 0 Å². The molecule has 7 heteroatoms. The second kappa shape index (κ2) is 6.42. The minimum absolute atomic E-state index is 0.126. The zero-order chi connectivity index (χ0) is 11.9. The van der Waals surface area contributed by atoms with Crippen LogP contribution in [0.4, 0.5) is 0 Å². The first kappa shape index (κ1) is 13.9. The number of rotatable bonds is 1. The third kappa shape index (κ3) is 6.93. The van der Waals surface area contributed by atoms with Crippen molar-refractivity contribution < 1.29 is 21.9 Å². The molecule has 0 bridgehead atoms. The Balaban J connectivity index is 0.000000336. The Morgan fingerprint density at radius 1 is 1.27 bits per heavy atom. The number of benzene rings is 1. The van der Waals surface area contributed by atoms with Gasteiger partial charge in [-0.05, 0) is 0 Å². The van der Waals surface area contributed by atoms with Gasteiger partial charge in [-0.25, -0.2) is 5.48 Å². The predicted octanol–water partition coefficient (Wildman–Crippen LogP) is -1.24. The number of hydroxylamine groups is 1. The number of hydrogen-bond acceptors (Lipinski definition) is 3. The van der Waals surface area contributed by atoms with E-state index in [4.69, 9.17) is 13.4 Å². The standard InChI is InChI=1S/C6H7AsO3.C2H5NO2/c8-7(9,10)6-4-2-1-3-5-6;1-2(4)3-5/h1-5H,(H2,8,9,10);5H,1H3,(H,3,4). The fraction of sp³-hybridized carbons (Fsp3) is 0.125. The van der Waals surface area contributed by atoms with Gasteiger partial charge in [0.25, 0.3) is 0 Å². The SMILES string of the molecule is CC(=O)NO.O=[As](O)(O)c1ccccc1. The van der Waals surface area contributed by atoms with Crippen molar-refractivity contribution in [2.75, 3.05) is 0 Å². The summed E-state index contributed by atoms with van der Waals surface area (Å²) in [5, 5.41) is 7.54. The van der Waals surface area contributed by atoms with E-state index in [0.29, 0.717) is 0 Å². The van der Waals surface area contributed by atoms with Gasteiger partial charge in [-0.1, -0.05) is 0 Å². The molecule has 0 radical (unpaired) electrons. The van der Waals surface area contributed by atoms with Crippen molar-refractivity contribution in [3.8, 4) is 0 Å². The topological polar surface area (TPSA) is 107 Å². The third-order valence-electron chi connectivity index (χ3n) is 1.25. The van der Waals surface area contributed by atoms with E-state index in [9.17, 15) is 8.53 Å². The van der Waals surface area contributed by atoms with Gasteiger partial charge in [0.15, 0.2) is 0 Å². The van der Waals surface area contributed by atoms with E-state index in [1.54, 1.807) is 18.2 Å². The fourth-order valence-corrected chi connectivity index (χ4v) is 1.80. The molecule has 0 heterocycles. The molecule has 0 unspecified atom stereocenters. The van der Waals surface area contributed by atoms with E-state index in [1.807, 2.05) is 0 Å². The van der Waals surface area contributed by atoms with E-state index in [-0.39, 0.29) is 4.35 Å². The van der Waals surface area contributed by atoms with Crippen LogP contribution in [0.3, 0.4) is 0 Å². The van der Waals surface area contributed by atoms with Gasteiger partial charge in [0.1, 0.15) is 0 Å². The van der Waals surface area contributed by atoms with Crippen LogP contribution in [0.15, 0.2) is 30.3 Å². The summed E-state index contributed by atoms with van der Waals surface area (Å²) in [5.74, 6) is -0.440. The molecule has 0 aliphatic heterocycles. The molecule has 6 nitrogen and oxygen atoms in total. The molecule has 0 atom stereocenters. The molecule has 0 spiro atoms. The van der Waals surface area contributed by atoms with Gasteiger partial charge >= 0.3 is 60.8 Å². The Hall–Kier alpha value is -1.07. The normalized spacial score (nSPS) is 9.87. The van der Waals surface area contributed by atoms with Gasteiger partial charge in [0, 0.05) is 6.92 Å². The molecule has 0 saturated carbocycles. The van der Waals surface area contributed by atoms with E-state index in [2.05, 4.69) is 0 Å². The molecule has 84 valence electrons. The molecule has 1 rings (SSSR count). The zero-order valence-electron chi connectivity index (χ0n) is 7.99. The van der Waals surface area contributed by atoms with Crippen molar-refractivity contribution in [1.29, 1.82) is 0 Å². The van der Waals surface area contributed by atoms with Crippen molar-refractivity contribution >= 4 is 24.4 Å². The number of hydrogen-bond donors (Lipinski definition) is 4. The average Bonchev–Trinajstić information content (AvgIpc) is 2.19. The summed E-state index contributed by atoms with van der Waals surface area (Å²) in [7, 11) is 0. The second-order valence-electron chi connectivity index (χ2n) is 2.55. The van der Waals surface area contributed by atoms with Gasteiger partial charge < -0.3 is 0 Å². The monoisotopic (exact) mass is 277 g/mol. The Morgan fingerprint density at radius 2 is 1.67 bits per heavy atom. The van der Waals surface area contributed by atoms with Crippen LogP contribution in [0.5, 0.6) is 0 Å². The van der Waals surface area contributed by atoms with Gasteiger partial charge in [0.2, 0.25) is 5.91 Å². The maximum atomic E-state index is 10.6. The molecule has 0 fully saturated rings. The zero-order valence-corrected chi connectivity index (χ0v) is 9.87. The molecule has 1 aromatic rings. The predicted molar refractivity (Wildman–Crippen MR) is 52.6 cm³/mol. The molecule has 0 aliphatic carbocycles. The number of carbonyl (C=O) groups is 1. The van der Waals surface area contributed by atoms with Gasteiger partial charge in [0.05, 0.1) is 0 Å². The summed E-state index contributed by atoms with van der Waals surface area (Å²) in [5.41, 5.74) is 1.39. The van der Waals surface area contributed by atoms with Crippen LogP contribution in [0.25, 0.3) is 0 Å². The Kier molecular flexibility index (Phi) is 5.96. The molecular formula is C8H12AsNO5. The summed E-state index contributed by atoms with van der Waals surface area (Å²) >= 11 is -4.60. The van der Waals surface area contributed by atoms with Crippen LogP contribution < -0.4 is 9.83 Å². The molecule has 0 saturated heterocycles. The molecular weight excluding hydrogens is 265 g/mol. The van der Waals surface area contributed by atoms with E-state index in [1.165, 1.54) is 24.5 Å². The number of amides is 1. The first-order valence-corrected chi connectivity index (χ1v) is 7.28. The first-order valence-electron chi connectivity index (χ1n) is 3.89. The Morgan fingerprint density at radius 3 is 1.87 bits per heavy atom. The average molecular weight is 277 g/mol. The summed E-state index contributed by atoms with van der Waals surface area (Å²) in [4.78, 5) is 9.45. The second-order valence-corrected chi connectivity index (χ2v) is 5.91. The fourth-order valence-electron chi connectivity index (χ4n) is 0.622. The van der Waals surface area contributed by atoms with Crippen LogP contribution >= 0.6 is 0 Å². The molecule has 4 N–H and O–H groups in total. The molecule has 15 heavy (non-hydrogen) atoms. The summed E-state index contributed by atoms with van der Waals surface area (Å²) in [6.45, 7) is 1.22. The van der Waals surface area contributed by atoms with Gasteiger partial charge in [-0.15, -0.1) is 0 Å². The summed E-state index contributed by atoms with van der Waals surface area (Å²) in [6, 6.07) is 7.79. The Bertz CT molecular complexity index is 347. The van der Waals surface area contributed by atoms with Crippen LogP contribution in [-0.2, 0) is 8.53 Å². The van der Waals surface area contributed by atoms with Crippen molar-refractivity contribution in [1.82, 2.24) is 5.48 Å². The molecule has 0 aliphatic rings. The third-order valence-corrected chi connectivity index (χ3v) is 3.29. The van der Waals surface area contributed by atoms with Crippen molar-refractivity contribution in [2.24, 2.45) is 0 Å². The van der Waals surface area contributed by atoms with E-state index in [0.717, 1.165) is 0 Å². The Labute approximate surface area is 89.5 Å². The number of nitrogens with one attached hydrogen (secondary N) is 1. The summed E-state index contributed by atoms with van der Waals surface area (Å²) in [6.07, 6.45) is 0. The van der Waals surface area contributed by atoms with Crippen LogP contribution in [0, 0.1) is 0 Å². The molecule has 1 aromatic carbocycles. The molecule has 0 aromatic heterocycles. The van der Waals surface area contributed by atoms with Crippen molar-refractivity contribution in [2.45, 2.75) is 6.92 Å². The van der Waals surface area contributed by atoms with Crippen molar-refractivity contribution in [3.05, 3.63) is 30.3 Å². The quantitative estimate of drug-likeness (QED) is 0.292. The van der Waals surface area contributed by atoms with E-state index < -0.39 is 20.1 Å². The van der Waals surface area contributed by atoms with Crippen LogP contribution in [0.2, 0.25) is 0 Å². The van der Waals surface area contributed by atoms with Crippen LogP contribution in [0.1, 0.15) is 6.92 Å². The minimum atomic E-state index is -4.60. The molecule has 1 amide bonds. The van der Waals surface area contributed by atoms with Gasteiger partial charge in [-0.3, -0.25) is 10.0 Å². The summed E-state index contributed by atoms with van der Waals surface area (Å²) < 4.78 is 28.0. The van der Waals surface area contributed by atoms with Crippen LogP contribution in [-0.4, -0.2) is 33.5 Å². The first-order chi connectivity index (χ1) is 6.88. The van der Waals surface area contributed by atoms with Gasteiger partial charge in [-0.2, -0.15) is 0 Å². The number of carbonyl (C=O) groups excluding carboxylic acids is 1. The van der Waals surface area contributed by atoms with E-state index >= 15 is 0 Å².